The van der Waals surface area contributed by atoms with E-state index >= 15 is 0 Å². The van der Waals surface area contributed by atoms with Gasteiger partial charge in [0.15, 0.2) is 0 Å². The summed E-state index contributed by atoms with van der Waals surface area (Å²) in [6, 6.07) is 14.3. The Hall–Kier alpha value is -3.35. The number of urea groups is 1. The van der Waals surface area contributed by atoms with Gasteiger partial charge in [0.2, 0.25) is 5.91 Å². The lowest BCUT2D eigenvalue weighted by Gasteiger charge is -2.28. The molecule has 0 radical (unpaired) electrons. The van der Waals surface area contributed by atoms with E-state index in [1.54, 1.807) is 19.1 Å². The average Bonchev–Trinajstić information content (AvgIpc) is 2.93. The quantitative estimate of drug-likeness (QED) is 0.784. The lowest BCUT2D eigenvalue weighted by atomic mass is 9.92. The maximum absolute atomic E-state index is 12.9. The third-order valence-electron chi connectivity index (χ3n) is 5.65. The van der Waals surface area contributed by atoms with Gasteiger partial charge < -0.3 is 15.5 Å². The summed E-state index contributed by atoms with van der Waals surface area (Å²) in [5.41, 5.74) is 2.51. The lowest BCUT2D eigenvalue weighted by molar-refractivity contribution is -0.133. The number of carbonyl (C=O) groups is 3. The molecule has 4 rings (SSSR count). The van der Waals surface area contributed by atoms with Gasteiger partial charge in [-0.05, 0) is 43.0 Å². The lowest BCUT2D eigenvalue weighted by Crippen LogP contribution is -2.42. The smallest absolute Gasteiger partial charge is 0.325 e. The first-order valence-corrected chi connectivity index (χ1v) is 9.72. The Morgan fingerprint density at radius 3 is 2.69 bits per heavy atom. The average molecular weight is 392 g/mol. The summed E-state index contributed by atoms with van der Waals surface area (Å²) in [5.74, 6) is -0.849. The molecule has 0 aromatic heterocycles. The van der Waals surface area contributed by atoms with E-state index in [1.807, 2.05) is 43.4 Å². The molecule has 2 heterocycles. The fourth-order valence-corrected chi connectivity index (χ4v) is 3.99. The predicted molar refractivity (Wildman–Crippen MR) is 111 cm³/mol. The van der Waals surface area contributed by atoms with Crippen LogP contribution in [0.3, 0.4) is 0 Å². The number of nitrogens with one attached hydrogen (secondary N) is 2. The first kappa shape index (κ1) is 19.0. The van der Waals surface area contributed by atoms with E-state index in [0.717, 1.165) is 30.0 Å². The Morgan fingerprint density at radius 2 is 1.93 bits per heavy atom. The van der Waals surface area contributed by atoms with Crippen LogP contribution in [0, 0.1) is 0 Å². The zero-order chi connectivity index (χ0) is 20.6. The Morgan fingerprint density at radius 1 is 1.17 bits per heavy atom. The monoisotopic (exact) mass is 392 g/mol. The summed E-state index contributed by atoms with van der Waals surface area (Å²) in [4.78, 5) is 41.0. The highest BCUT2D eigenvalue weighted by Gasteiger charge is 2.49. The number of amides is 4. The number of hydrogen-bond acceptors (Lipinski definition) is 4. The van der Waals surface area contributed by atoms with E-state index < -0.39 is 23.4 Å². The molecule has 1 atom stereocenters. The summed E-state index contributed by atoms with van der Waals surface area (Å²) >= 11 is 0. The van der Waals surface area contributed by atoms with E-state index in [1.165, 1.54) is 5.56 Å². The van der Waals surface area contributed by atoms with Gasteiger partial charge in [-0.2, -0.15) is 0 Å². The minimum absolute atomic E-state index is 0.333. The summed E-state index contributed by atoms with van der Waals surface area (Å²) in [5, 5.41) is 5.52. The first-order valence-electron chi connectivity index (χ1n) is 9.72. The van der Waals surface area contributed by atoms with Crippen molar-refractivity contribution in [3.8, 4) is 0 Å². The van der Waals surface area contributed by atoms with Gasteiger partial charge >= 0.3 is 6.03 Å². The summed E-state index contributed by atoms with van der Waals surface area (Å²) in [6.45, 7) is 2.30. The fraction of sp³-hybridized carbons (Fsp3) is 0.318. The van der Waals surface area contributed by atoms with Crippen molar-refractivity contribution in [3.63, 3.8) is 0 Å². The molecule has 150 valence electrons. The minimum Gasteiger partial charge on any atom is -0.374 e. The third-order valence-corrected chi connectivity index (χ3v) is 5.65. The number of benzene rings is 2. The summed E-state index contributed by atoms with van der Waals surface area (Å²) in [6.07, 6.45) is 2.13. The zero-order valence-electron chi connectivity index (χ0n) is 16.6. The van der Waals surface area contributed by atoms with Gasteiger partial charge in [0, 0.05) is 25.0 Å². The molecule has 2 N–H and O–H groups in total. The molecular weight excluding hydrogens is 368 g/mol. The maximum Gasteiger partial charge on any atom is 0.325 e. The van der Waals surface area contributed by atoms with Crippen molar-refractivity contribution in [1.82, 2.24) is 10.2 Å². The van der Waals surface area contributed by atoms with E-state index in [-0.39, 0.29) is 6.54 Å². The normalized spacial score (nSPS) is 21.0. The van der Waals surface area contributed by atoms with Crippen molar-refractivity contribution in [2.45, 2.75) is 25.3 Å². The van der Waals surface area contributed by atoms with Crippen molar-refractivity contribution in [1.29, 1.82) is 0 Å². The van der Waals surface area contributed by atoms with Crippen LogP contribution < -0.4 is 15.5 Å². The van der Waals surface area contributed by atoms with Crippen molar-refractivity contribution < 1.29 is 14.4 Å². The van der Waals surface area contributed by atoms with Crippen molar-refractivity contribution in [3.05, 3.63) is 59.7 Å². The molecule has 2 aliphatic heterocycles. The van der Waals surface area contributed by atoms with E-state index in [0.29, 0.717) is 11.3 Å². The molecule has 4 amide bonds. The van der Waals surface area contributed by atoms with Gasteiger partial charge in [-0.15, -0.1) is 0 Å². The number of nitrogens with zero attached hydrogens (tertiary/aromatic N) is 2. The number of fused-ring (bicyclic) bond motifs is 1. The van der Waals surface area contributed by atoms with E-state index in [4.69, 9.17) is 0 Å². The summed E-state index contributed by atoms with van der Waals surface area (Å²) in [7, 11) is 2.03. The number of rotatable bonds is 4. The molecule has 1 fully saturated rings. The second-order valence-electron chi connectivity index (χ2n) is 7.73. The van der Waals surface area contributed by atoms with Crippen LogP contribution >= 0.6 is 0 Å². The fourth-order valence-electron chi connectivity index (χ4n) is 3.99. The molecule has 2 aromatic carbocycles. The van der Waals surface area contributed by atoms with Gasteiger partial charge in [0.1, 0.15) is 12.1 Å². The van der Waals surface area contributed by atoms with Crippen LogP contribution in [0.5, 0.6) is 0 Å². The standard InChI is InChI=1S/C22H24N4O3/c1-22(16-8-4-3-5-9-16)20(28)26(21(29)24-22)14-19(27)23-17-11-10-15-7-6-12-25(2)18(15)13-17/h3-5,8-11,13H,6-7,12,14H2,1-2H3,(H,23,27)(H,24,29). The van der Waals surface area contributed by atoms with Crippen LogP contribution in [-0.4, -0.2) is 42.9 Å². The Bertz CT molecular complexity index is 975. The van der Waals surface area contributed by atoms with Gasteiger partial charge in [0.05, 0.1) is 0 Å². The maximum atomic E-state index is 12.9. The second kappa shape index (κ2) is 7.24. The van der Waals surface area contributed by atoms with Crippen LogP contribution in [0.2, 0.25) is 0 Å². The molecule has 2 aromatic rings. The molecular formula is C22H24N4O3. The molecule has 29 heavy (non-hydrogen) atoms. The first-order chi connectivity index (χ1) is 13.9. The summed E-state index contributed by atoms with van der Waals surface area (Å²) < 4.78 is 0. The number of hydrogen-bond donors (Lipinski definition) is 2. The van der Waals surface area contributed by atoms with Gasteiger partial charge in [-0.3, -0.25) is 14.5 Å². The predicted octanol–water partition coefficient (Wildman–Crippen LogP) is 2.47. The Balaban J connectivity index is 1.47. The topological polar surface area (TPSA) is 81.8 Å². The van der Waals surface area contributed by atoms with Gasteiger partial charge in [0.25, 0.3) is 5.91 Å². The highest BCUT2D eigenvalue weighted by atomic mass is 16.2. The largest absolute Gasteiger partial charge is 0.374 e. The third kappa shape index (κ3) is 3.44. The van der Waals surface area contributed by atoms with Crippen LogP contribution in [0.15, 0.2) is 48.5 Å². The van der Waals surface area contributed by atoms with Crippen LogP contribution in [-0.2, 0) is 21.5 Å². The SMILES string of the molecule is CN1CCCc2ccc(NC(=O)CN3C(=O)NC(C)(c4ccccc4)C3=O)cc21. The Labute approximate surface area is 169 Å². The molecule has 7 heteroatoms. The molecule has 1 unspecified atom stereocenters. The highest BCUT2D eigenvalue weighted by molar-refractivity contribution is 6.10. The zero-order valence-corrected chi connectivity index (χ0v) is 16.6. The molecule has 7 nitrogen and oxygen atoms in total. The van der Waals surface area contributed by atoms with Gasteiger partial charge in [-0.25, -0.2) is 4.79 Å². The van der Waals surface area contributed by atoms with Gasteiger partial charge in [-0.1, -0.05) is 36.4 Å². The van der Waals surface area contributed by atoms with E-state index in [2.05, 4.69) is 15.5 Å². The highest BCUT2D eigenvalue weighted by Crippen LogP contribution is 2.30. The second-order valence-corrected chi connectivity index (χ2v) is 7.73. The molecule has 0 spiro atoms. The molecule has 2 aliphatic rings. The van der Waals surface area contributed by atoms with Crippen molar-refractivity contribution in [2.75, 3.05) is 30.4 Å². The minimum atomic E-state index is -1.17. The number of carbonyl (C=O) groups excluding carboxylic acids is 3. The number of imide groups is 1. The number of anilines is 2. The van der Waals surface area contributed by atoms with Crippen molar-refractivity contribution >= 4 is 29.2 Å². The molecule has 1 saturated heterocycles. The van der Waals surface area contributed by atoms with Crippen molar-refractivity contribution in [2.24, 2.45) is 0 Å². The van der Waals surface area contributed by atoms with Crippen LogP contribution in [0.4, 0.5) is 16.2 Å². The van der Waals surface area contributed by atoms with E-state index in [9.17, 15) is 14.4 Å². The molecule has 0 aliphatic carbocycles. The van der Waals surface area contributed by atoms with Crippen LogP contribution in [0.1, 0.15) is 24.5 Å². The Kier molecular flexibility index (Phi) is 4.74. The molecule has 0 saturated carbocycles. The number of aryl methyl sites for hydroxylation is 1. The molecule has 0 bridgehead atoms. The van der Waals surface area contributed by atoms with Crippen LogP contribution in [0.25, 0.3) is 0 Å².